The number of fused-ring (bicyclic) bond motifs is 1. The van der Waals surface area contributed by atoms with Gasteiger partial charge in [-0.1, -0.05) is 18.2 Å². The second kappa shape index (κ2) is 5.47. The monoisotopic (exact) mass is 269 g/mol. The lowest BCUT2D eigenvalue weighted by molar-refractivity contribution is 0.594. The number of para-hydroxylation sites is 1. The zero-order valence-electron chi connectivity index (χ0n) is 10.7. The summed E-state index contributed by atoms with van der Waals surface area (Å²) in [6, 6.07) is 10.6. The smallest absolute Gasteiger partial charge is 0.0943 e. The summed E-state index contributed by atoms with van der Waals surface area (Å²) in [4.78, 5) is 8.79. The average Bonchev–Trinajstić information content (AvgIpc) is 2.97. The normalized spacial score (nSPS) is 12.7. The molecule has 3 rings (SSSR count). The van der Waals surface area contributed by atoms with Crippen LogP contribution < -0.4 is 5.32 Å². The summed E-state index contributed by atoms with van der Waals surface area (Å²) < 4.78 is 0. The molecule has 96 valence electrons. The number of hydrogen-bond donors (Lipinski definition) is 1. The van der Waals surface area contributed by atoms with E-state index in [9.17, 15) is 0 Å². The van der Waals surface area contributed by atoms with Gasteiger partial charge in [0.2, 0.25) is 0 Å². The highest BCUT2D eigenvalue weighted by Gasteiger charge is 2.14. The number of likely N-dealkylation sites (N-methyl/N-ethyl adjacent to an activating group) is 1. The SMILES string of the molecule is CNC(Cc1nccs1)c1ccnc2ccccc12. The zero-order chi connectivity index (χ0) is 13.1. The highest BCUT2D eigenvalue weighted by Crippen LogP contribution is 2.25. The second-order valence-electron chi connectivity index (χ2n) is 4.39. The molecule has 0 aliphatic heterocycles. The first kappa shape index (κ1) is 12.3. The maximum atomic E-state index is 4.41. The largest absolute Gasteiger partial charge is 0.313 e. The summed E-state index contributed by atoms with van der Waals surface area (Å²) >= 11 is 1.70. The van der Waals surface area contributed by atoms with Gasteiger partial charge in [-0.05, 0) is 24.7 Å². The number of nitrogens with zero attached hydrogens (tertiary/aromatic N) is 2. The van der Waals surface area contributed by atoms with Crippen molar-refractivity contribution in [2.24, 2.45) is 0 Å². The molecule has 0 amide bonds. The minimum Gasteiger partial charge on any atom is -0.313 e. The van der Waals surface area contributed by atoms with Crippen LogP contribution in [0.5, 0.6) is 0 Å². The highest BCUT2D eigenvalue weighted by molar-refractivity contribution is 7.09. The van der Waals surface area contributed by atoms with Gasteiger partial charge in [0, 0.05) is 35.6 Å². The molecule has 0 aliphatic rings. The van der Waals surface area contributed by atoms with Crippen LogP contribution in [-0.4, -0.2) is 17.0 Å². The summed E-state index contributed by atoms with van der Waals surface area (Å²) in [7, 11) is 1.99. The minimum absolute atomic E-state index is 0.263. The van der Waals surface area contributed by atoms with Crippen LogP contribution in [0.2, 0.25) is 0 Å². The third-order valence-electron chi connectivity index (χ3n) is 3.27. The molecule has 0 saturated carbocycles. The summed E-state index contributed by atoms with van der Waals surface area (Å²) in [6.45, 7) is 0. The Bertz CT molecular complexity index is 659. The van der Waals surface area contributed by atoms with Gasteiger partial charge in [0.15, 0.2) is 0 Å². The van der Waals surface area contributed by atoms with E-state index in [1.54, 1.807) is 11.3 Å². The van der Waals surface area contributed by atoms with Crippen LogP contribution in [0.1, 0.15) is 16.6 Å². The Hall–Kier alpha value is -1.78. The van der Waals surface area contributed by atoms with E-state index >= 15 is 0 Å². The van der Waals surface area contributed by atoms with Gasteiger partial charge in [-0.3, -0.25) is 4.98 Å². The number of rotatable bonds is 4. The number of nitrogens with one attached hydrogen (secondary N) is 1. The lowest BCUT2D eigenvalue weighted by Gasteiger charge is -2.17. The Morgan fingerprint density at radius 2 is 2.05 bits per heavy atom. The van der Waals surface area contributed by atoms with Crippen LogP contribution in [0, 0.1) is 0 Å². The van der Waals surface area contributed by atoms with Gasteiger partial charge in [0.05, 0.1) is 10.5 Å². The van der Waals surface area contributed by atoms with Crippen molar-refractivity contribution in [3.8, 4) is 0 Å². The first-order valence-corrected chi connectivity index (χ1v) is 7.15. The van der Waals surface area contributed by atoms with Gasteiger partial charge in [0.1, 0.15) is 0 Å². The Balaban J connectivity index is 2.01. The molecule has 19 heavy (non-hydrogen) atoms. The Labute approximate surface area is 116 Å². The van der Waals surface area contributed by atoms with Crippen LogP contribution in [0.3, 0.4) is 0 Å². The molecule has 0 fully saturated rings. The number of hydrogen-bond acceptors (Lipinski definition) is 4. The molecule has 0 aliphatic carbocycles. The molecule has 0 spiro atoms. The van der Waals surface area contributed by atoms with Gasteiger partial charge < -0.3 is 5.32 Å². The van der Waals surface area contributed by atoms with Gasteiger partial charge >= 0.3 is 0 Å². The van der Waals surface area contributed by atoms with E-state index in [1.807, 2.05) is 30.9 Å². The van der Waals surface area contributed by atoms with Gasteiger partial charge in [-0.2, -0.15) is 0 Å². The molecular formula is C15H15N3S. The number of pyridine rings is 1. The molecule has 3 aromatic rings. The van der Waals surface area contributed by atoms with Crippen LogP contribution in [0.25, 0.3) is 10.9 Å². The third-order valence-corrected chi connectivity index (χ3v) is 4.07. The molecule has 0 radical (unpaired) electrons. The average molecular weight is 269 g/mol. The van der Waals surface area contributed by atoms with E-state index in [2.05, 4.69) is 39.6 Å². The summed E-state index contributed by atoms with van der Waals surface area (Å²) in [5, 5.41) is 7.77. The Morgan fingerprint density at radius 3 is 2.84 bits per heavy atom. The Kier molecular flexibility index (Phi) is 3.53. The number of benzene rings is 1. The van der Waals surface area contributed by atoms with Crippen molar-refractivity contribution in [3.63, 3.8) is 0 Å². The second-order valence-corrected chi connectivity index (χ2v) is 5.37. The predicted molar refractivity (Wildman–Crippen MR) is 79.4 cm³/mol. The van der Waals surface area contributed by atoms with Gasteiger partial charge in [0.25, 0.3) is 0 Å². The molecule has 1 N–H and O–H groups in total. The van der Waals surface area contributed by atoms with E-state index in [4.69, 9.17) is 0 Å². The molecule has 1 atom stereocenters. The summed E-state index contributed by atoms with van der Waals surface area (Å²) in [5.41, 5.74) is 2.32. The molecule has 1 unspecified atom stereocenters. The molecule has 0 bridgehead atoms. The molecule has 2 heterocycles. The fourth-order valence-electron chi connectivity index (χ4n) is 2.32. The standard InChI is InChI=1S/C15H15N3S/c1-16-14(10-15-18-8-9-19-15)12-6-7-17-13-5-3-2-4-11(12)13/h2-9,14,16H,10H2,1H3. The first-order chi connectivity index (χ1) is 9.38. The molecule has 3 nitrogen and oxygen atoms in total. The van der Waals surface area contributed by atoms with Crippen molar-refractivity contribution in [2.75, 3.05) is 7.05 Å². The predicted octanol–water partition coefficient (Wildman–Crippen LogP) is 3.19. The Morgan fingerprint density at radius 1 is 1.16 bits per heavy atom. The zero-order valence-corrected chi connectivity index (χ0v) is 11.5. The van der Waals surface area contributed by atoms with Crippen molar-refractivity contribution in [1.82, 2.24) is 15.3 Å². The maximum Gasteiger partial charge on any atom is 0.0943 e. The highest BCUT2D eigenvalue weighted by atomic mass is 32.1. The van der Waals surface area contributed by atoms with E-state index in [-0.39, 0.29) is 6.04 Å². The van der Waals surface area contributed by atoms with Crippen molar-refractivity contribution in [1.29, 1.82) is 0 Å². The van der Waals surface area contributed by atoms with Crippen LogP contribution in [0.15, 0.2) is 48.1 Å². The molecule has 0 saturated heterocycles. The van der Waals surface area contributed by atoms with Gasteiger partial charge in [-0.15, -0.1) is 11.3 Å². The maximum absolute atomic E-state index is 4.41. The van der Waals surface area contributed by atoms with E-state index in [0.717, 1.165) is 16.9 Å². The van der Waals surface area contributed by atoms with Crippen LogP contribution in [-0.2, 0) is 6.42 Å². The lowest BCUT2D eigenvalue weighted by Crippen LogP contribution is -2.19. The molecule has 1 aromatic carbocycles. The van der Waals surface area contributed by atoms with Crippen LogP contribution in [0.4, 0.5) is 0 Å². The minimum atomic E-state index is 0.263. The fourth-order valence-corrected chi connectivity index (χ4v) is 2.98. The first-order valence-electron chi connectivity index (χ1n) is 6.28. The molecular weight excluding hydrogens is 254 g/mol. The molecule has 2 aromatic heterocycles. The quantitative estimate of drug-likeness (QED) is 0.790. The number of aromatic nitrogens is 2. The van der Waals surface area contributed by atoms with Crippen LogP contribution >= 0.6 is 11.3 Å². The lowest BCUT2D eigenvalue weighted by atomic mass is 10.00. The van der Waals surface area contributed by atoms with E-state index in [1.165, 1.54) is 10.9 Å². The third kappa shape index (κ3) is 2.50. The molecule has 4 heteroatoms. The van der Waals surface area contributed by atoms with Crippen molar-refractivity contribution in [2.45, 2.75) is 12.5 Å². The van der Waals surface area contributed by atoms with E-state index < -0.39 is 0 Å². The van der Waals surface area contributed by atoms with Gasteiger partial charge in [-0.25, -0.2) is 4.98 Å². The van der Waals surface area contributed by atoms with Crippen molar-refractivity contribution >= 4 is 22.2 Å². The summed E-state index contributed by atoms with van der Waals surface area (Å²) in [6.07, 6.45) is 4.64. The van der Waals surface area contributed by atoms with Crippen molar-refractivity contribution < 1.29 is 0 Å². The summed E-state index contributed by atoms with van der Waals surface area (Å²) in [5.74, 6) is 0. The topological polar surface area (TPSA) is 37.8 Å². The fraction of sp³-hybridized carbons (Fsp3) is 0.200. The van der Waals surface area contributed by atoms with Crippen molar-refractivity contribution in [3.05, 3.63) is 58.7 Å². The number of thiazole rings is 1. The van der Waals surface area contributed by atoms with E-state index in [0.29, 0.717) is 0 Å².